The highest BCUT2D eigenvalue weighted by molar-refractivity contribution is 7.15. The molecule has 1 N–H and O–H groups in total. The highest BCUT2D eigenvalue weighted by atomic mass is 32.1. The van der Waals surface area contributed by atoms with Crippen LogP contribution in [0.3, 0.4) is 0 Å². The van der Waals surface area contributed by atoms with Crippen molar-refractivity contribution in [3.63, 3.8) is 0 Å². The molecule has 1 aliphatic rings. The van der Waals surface area contributed by atoms with Gasteiger partial charge in [0.2, 0.25) is 5.91 Å². The fourth-order valence-corrected chi connectivity index (χ4v) is 3.78. The molecule has 24 heavy (non-hydrogen) atoms. The van der Waals surface area contributed by atoms with Crippen LogP contribution in [0.4, 0.5) is 5.69 Å². The molecule has 1 saturated heterocycles. The lowest BCUT2D eigenvalue weighted by Crippen LogP contribution is -2.36. The lowest BCUT2D eigenvalue weighted by molar-refractivity contribution is -0.114. The molecule has 1 fully saturated rings. The number of carbonyl (C=O) groups is 2. The molecular weight excluding hydrogens is 322 g/mol. The highest BCUT2D eigenvalue weighted by Gasteiger charge is 2.23. The molecule has 6 heteroatoms. The number of anilines is 1. The maximum Gasteiger partial charge on any atom is 0.273 e. The van der Waals surface area contributed by atoms with Crippen molar-refractivity contribution in [2.45, 2.75) is 33.1 Å². The molecule has 3 rings (SSSR count). The molecule has 1 aromatic carbocycles. The molecule has 2 heterocycles. The normalized spacial score (nSPS) is 14.5. The van der Waals surface area contributed by atoms with Gasteiger partial charge in [-0.3, -0.25) is 9.59 Å². The number of likely N-dealkylation sites (tertiary alicyclic amines) is 1. The number of hydrogen-bond acceptors (Lipinski definition) is 4. The van der Waals surface area contributed by atoms with Gasteiger partial charge in [0.05, 0.1) is 0 Å². The van der Waals surface area contributed by atoms with Crippen molar-refractivity contribution in [2.75, 3.05) is 18.4 Å². The monoisotopic (exact) mass is 343 g/mol. The minimum atomic E-state index is -0.0951. The summed E-state index contributed by atoms with van der Waals surface area (Å²) in [5.74, 6) is -0.0492. The Morgan fingerprint density at radius 2 is 1.79 bits per heavy atom. The van der Waals surface area contributed by atoms with Gasteiger partial charge in [-0.15, -0.1) is 11.3 Å². The molecule has 2 aromatic rings. The molecule has 1 aliphatic heterocycles. The van der Waals surface area contributed by atoms with E-state index in [1.54, 1.807) is 0 Å². The molecule has 0 saturated carbocycles. The van der Waals surface area contributed by atoms with E-state index < -0.39 is 0 Å². The third-order valence-electron chi connectivity index (χ3n) is 4.09. The second kappa shape index (κ2) is 7.13. The zero-order valence-corrected chi connectivity index (χ0v) is 14.8. The molecule has 0 atom stereocenters. The number of rotatable bonds is 3. The summed E-state index contributed by atoms with van der Waals surface area (Å²) in [7, 11) is 0. The minimum absolute atomic E-state index is 0.0459. The number of aryl methyl sites for hydroxylation is 1. The first-order chi connectivity index (χ1) is 11.5. The van der Waals surface area contributed by atoms with Crippen LogP contribution in [0.25, 0.3) is 10.6 Å². The first-order valence-corrected chi connectivity index (χ1v) is 9.01. The van der Waals surface area contributed by atoms with Crippen LogP contribution in [-0.4, -0.2) is 34.8 Å². The van der Waals surface area contributed by atoms with E-state index in [1.165, 1.54) is 24.7 Å². The van der Waals surface area contributed by atoms with Gasteiger partial charge in [-0.25, -0.2) is 4.98 Å². The number of benzene rings is 1. The molecule has 0 bridgehead atoms. The van der Waals surface area contributed by atoms with E-state index >= 15 is 0 Å². The Hall–Kier alpha value is -2.21. The topological polar surface area (TPSA) is 62.3 Å². The van der Waals surface area contributed by atoms with Crippen LogP contribution in [0.15, 0.2) is 24.3 Å². The number of thiazole rings is 1. The number of nitrogens with one attached hydrogen (secondary N) is 1. The van der Waals surface area contributed by atoms with Crippen molar-refractivity contribution < 1.29 is 9.59 Å². The Morgan fingerprint density at radius 3 is 2.42 bits per heavy atom. The number of nitrogens with zero attached hydrogens (tertiary/aromatic N) is 2. The van der Waals surface area contributed by atoms with Gasteiger partial charge in [0.15, 0.2) is 0 Å². The van der Waals surface area contributed by atoms with Gasteiger partial charge in [-0.05, 0) is 50.5 Å². The Balaban J connectivity index is 1.80. The zero-order chi connectivity index (χ0) is 17.1. The van der Waals surface area contributed by atoms with Gasteiger partial charge in [-0.2, -0.15) is 0 Å². The average Bonchev–Trinajstić information content (AvgIpc) is 2.97. The van der Waals surface area contributed by atoms with Gasteiger partial charge in [0.1, 0.15) is 10.7 Å². The zero-order valence-electron chi connectivity index (χ0n) is 14.0. The Morgan fingerprint density at radius 1 is 1.12 bits per heavy atom. The molecular formula is C18H21N3O2S. The number of hydrogen-bond donors (Lipinski definition) is 1. The molecule has 1 aromatic heterocycles. The Kier molecular flexibility index (Phi) is 4.94. The first-order valence-electron chi connectivity index (χ1n) is 8.19. The van der Waals surface area contributed by atoms with Gasteiger partial charge in [0.25, 0.3) is 5.91 Å². The van der Waals surface area contributed by atoms with Crippen molar-refractivity contribution in [1.82, 2.24) is 9.88 Å². The molecule has 0 spiro atoms. The second-order valence-corrected chi connectivity index (χ2v) is 7.24. The van der Waals surface area contributed by atoms with Crippen molar-refractivity contribution in [3.05, 3.63) is 34.8 Å². The van der Waals surface area contributed by atoms with E-state index in [0.717, 1.165) is 47.1 Å². The van der Waals surface area contributed by atoms with Crippen LogP contribution >= 0.6 is 11.3 Å². The predicted octanol–water partition coefficient (Wildman–Crippen LogP) is 3.70. The van der Waals surface area contributed by atoms with Crippen molar-refractivity contribution in [3.8, 4) is 10.6 Å². The van der Waals surface area contributed by atoms with Crippen LogP contribution in [0.5, 0.6) is 0 Å². The predicted molar refractivity (Wildman–Crippen MR) is 96.3 cm³/mol. The summed E-state index contributed by atoms with van der Waals surface area (Å²) in [5.41, 5.74) is 2.28. The standard InChI is InChI=1S/C18H21N3O2S/c1-12-16(18(23)21-10-4-3-5-11-21)20-17(24-12)14-6-8-15(9-7-14)19-13(2)22/h6-9H,3-5,10-11H2,1-2H3,(H,19,22). The first kappa shape index (κ1) is 16.6. The van der Waals surface area contributed by atoms with Gasteiger partial charge in [0, 0.05) is 36.1 Å². The SMILES string of the molecule is CC(=O)Nc1ccc(-c2nc(C(=O)N3CCCCC3)c(C)s2)cc1. The second-order valence-electron chi connectivity index (χ2n) is 6.04. The van der Waals surface area contributed by atoms with Crippen LogP contribution in [0.1, 0.15) is 41.6 Å². The summed E-state index contributed by atoms with van der Waals surface area (Å²) in [6.07, 6.45) is 3.35. The summed E-state index contributed by atoms with van der Waals surface area (Å²) >= 11 is 1.53. The smallest absolute Gasteiger partial charge is 0.273 e. The average molecular weight is 343 g/mol. The number of aromatic nitrogens is 1. The van der Waals surface area contributed by atoms with Crippen LogP contribution in [0, 0.1) is 6.92 Å². The van der Waals surface area contributed by atoms with E-state index in [4.69, 9.17) is 0 Å². The summed E-state index contributed by atoms with van der Waals surface area (Å²) in [6, 6.07) is 7.52. The van der Waals surface area contributed by atoms with Crippen LogP contribution in [0.2, 0.25) is 0 Å². The summed E-state index contributed by atoms with van der Waals surface area (Å²) in [5, 5.41) is 3.58. The summed E-state index contributed by atoms with van der Waals surface area (Å²) < 4.78 is 0. The van der Waals surface area contributed by atoms with E-state index in [1.807, 2.05) is 36.1 Å². The van der Waals surface area contributed by atoms with Crippen molar-refractivity contribution >= 4 is 28.8 Å². The fourth-order valence-electron chi connectivity index (χ4n) is 2.86. The third-order valence-corrected chi connectivity index (χ3v) is 5.11. The molecule has 0 unspecified atom stereocenters. The molecule has 126 valence electrons. The number of piperidine rings is 1. The van der Waals surface area contributed by atoms with E-state index in [-0.39, 0.29) is 11.8 Å². The van der Waals surface area contributed by atoms with Crippen LogP contribution in [-0.2, 0) is 4.79 Å². The molecule has 5 nitrogen and oxygen atoms in total. The summed E-state index contributed by atoms with van der Waals surface area (Å²) in [4.78, 5) is 31.2. The van der Waals surface area contributed by atoms with Crippen LogP contribution < -0.4 is 5.32 Å². The third kappa shape index (κ3) is 3.64. The quantitative estimate of drug-likeness (QED) is 0.924. The fraction of sp³-hybridized carbons (Fsp3) is 0.389. The Labute approximate surface area is 145 Å². The minimum Gasteiger partial charge on any atom is -0.337 e. The number of carbonyl (C=O) groups excluding carboxylic acids is 2. The molecule has 0 radical (unpaired) electrons. The van der Waals surface area contributed by atoms with Gasteiger partial charge in [-0.1, -0.05) is 0 Å². The van der Waals surface area contributed by atoms with Crippen molar-refractivity contribution in [2.24, 2.45) is 0 Å². The van der Waals surface area contributed by atoms with Gasteiger partial charge >= 0.3 is 0 Å². The maximum atomic E-state index is 12.7. The lowest BCUT2D eigenvalue weighted by Gasteiger charge is -2.26. The van der Waals surface area contributed by atoms with Crippen molar-refractivity contribution in [1.29, 1.82) is 0 Å². The lowest BCUT2D eigenvalue weighted by atomic mass is 10.1. The highest BCUT2D eigenvalue weighted by Crippen LogP contribution is 2.29. The molecule has 0 aliphatic carbocycles. The van der Waals surface area contributed by atoms with E-state index in [2.05, 4.69) is 10.3 Å². The summed E-state index contributed by atoms with van der Waals surface area (Å²) in [6.45, 7) is 5.09. The largest absolute Gasteiger partial charge is 0.337 e. The van der Waals surface area contributed by atoms with Gasteiger partial charge < -0.3 is 10.2 Å². The van der Waals surface area contributed by atoms with E-state index in [9.17, 15) is 9.59 Å². The number of amides is 2. The molecule has 2 amide bonds. The maximum absolute atomic E-state index is 12.7. The van der Waals surface area contributed by atoms with E-state index in [0.29, 0.717) is 5.69 Å². The Bertz CT molecular complexity index is 746.